The second-order valence-electron chi connectivity index (χ2n) is 4.55. The number of furan rings is 1. The molecule has 0 saturated heterocycles. The van der Waals surface area contributed by atoms with E-state index in [0.29, 0.717) is 27.8 Å². The molecule has 4 rings (SSSR count). The van der Waals surface area contributed by atoms with Gasteiger partial charge in [-0.25, -0.2) is 9.59 Å². The van der Waals surface area contributed by atoms with Crippen LogP contribution in [0.2, 0.25) is 0 Å². The Bertz CT molecular complexity index is 877. The van der Waals surface area contributed by atoms with Gasteiger partial charge in [-0.05, 0) is 30.3 Å². The molecule has 1 aromatic heterocycles. The molecule has 0 fully saturated rings. The first kappa shape index (κ1) is 11.7. The lowest BCUT2D eigenvalue weighted by atomic mass is 10.0. The van der Waals surface area contributed by atoms with Crippen molar-refractivity contribution >= 4 is 22.7 Å². The minimum atomic E-state index is -0.592. The van der Waals surface area contributed by atoms with Gasteiger partial charge in [0, 0.05) is 10.8 Å². The average Bonchev–Trinajstić information content (AvgIpc) is 3.12. The Morgan fingerprint density at radius 3 is 2.76 bits per heavy atom. The molecule has 21 heavy (non-hydrogen) atoms. The van der Waals surface area contributed by atoms with Crippen molar-refractivity contribution < 1.29 is 23.5 Å². The molecule has 5 nitrogen and oxygen atoms in total. The fraction of sp³-hybridized carbons (Fsp3) is 0. The average molecular weight is 280 g/mol. The third kappa shape index (κ3) is 1.71. The quantitative estimate of drug-likeness (QED) is 0.532. The predicted molar refractivity (Wildman–Crippen MR) is 72.6 cm³/mol. The maximum Gasteiger partial charge on any atom is 0.379 e. The Labute approximate surface area is 118 Å². The highest BCUT2D eigenvalue weighted by Crippen LogP contribution is 2.39. The SMILES string of the molecule is O=C(Oc1ccc2c3c(cccc13)C(=O)O2)c1ccco1. The zero-order valence-corrected chi connectivity index (χ0v) is 10.7. The monoisotopic (exact) mass is 280 g/mol. The summed E-state index contributed by atoms with van der Waals surface area (Å²) in [6.45, 7) is 0. The number of benzene rings is 2. The number of hydrogen-bond donors (Lipinski definition) is 0. The fourth-order valence-corrected chi connectivity index (χ4v) is 2.39. The molecule has 0 bridgehead atoms. The highest BCUT2D eigenvalue weighted by Gasteiger charge is 2.26. The van der Waals surface area contributed by atoms with Crippen LogP contribution >= 0.6 is 0 Å². The summed E-state index contributed by atoms with van der Waals surface area (Å²) in [5.74, 6) is -0.0414. The van der Waals surface area contributed by atoms with Gasteiger partial charge >= 0.3 is 11.9 Å². The van der Waals surface area contributed by atoms with E-state index in [2.05, 4.69) is 0 Å². The van der Waals surface area contributed by atoms with Crippen molar-refractivity contribution in [2.75, 3.05) is 0 Å². The third-order valence-corrected chi connectivity index (χ3v) is 3.31. The van der Waals surface area contributed by atoms with Crippen molar-refractivity contribution in [3.8, 4) is 11.5 Å². The minimum absolute atomic E-state index is 0.116. The third-order valence-electron chi connectivity index (χ3n) is 3.31. The predicted octanol–water partition coefficient (Wildman–Crippen LogP) is 3.18. The highest BCUT2D eigenvalue weighted by molar-refractivity contribution is 6.14. The first-order valence-corrected chi connectivity index (χ1v) is 6.27. The Balaban J connectivity index is 1.83. The molecule has 0 radical (unpaired) electrons. The lowest BCUT2D eigenvalue weighted by molar-refractivity contribution is 0.0701. The van der Waals surface area contributed by atoms with Crippen LogP contribution in [0, 0.1) is 0 Å². The van der Waals surface area contributed by atoms with Gasteiger partial charge in [0.05, 0.1) is 11.8 Å². The standard InChI is InChI=1S/C16H8O5/c17-15-10-4-1-3-9-11(6-7-12(21-15)14(9)10)20-16(18)13-5-2-8-19-13/h1-8H. The van der Waals surface area contributed by atoms with Crippen LogP contribution in [0.5, 0.6) is 11.5 Å². The minimum Gasteiger partial charge on any atom is -0.457 e. The van der Waals surface area contributed by atoms with Crippen LogP contribution in [-0.2, 0) is 0 Å². The van der Waals surface area contributed by atoms with E-state index in [0.717, 1.165) is 0 Å². The number of esters is 2. The Morgan fingerprint density at radius 2 is 1.95 bits per heavy atom. The Morgan fingerprint density at radius 1 is 1.05 bits per heavy atom. The molecule has 1 aliphatic heterocycles. The van der Waals surface area contributed by atoms with Crippen molar-refractivity contribution in [2.24, 2.45) is 0 Å². The van der Waals surface area contributed by atoms with Crippen LogP contribution in [-0.4, -0.2) is 11.9 Å². The van der Waals surface area contributed by atoms with Crippen molar-refractivity contribution in [1.82, 2.24) is 0 Å². The molecule has 5 heteroatoms. The summed E-state index contributed by atoms with van der Waals surface area (Å²) in [7, 11) is 0. The topological polar surface area (TPSA) is 65.7 Å². The fourth-order valence-electron chi connectivity index (χ4n) is 2.39. The van der Waals surface area contributed by atoms with E-state index >= 15 is 0 Å². The second kappa shape index (κ2) is 4.21. The van der Waals surface area contributed by atoms with Crippen LogP contribution in [0.3, 0.4) is 0 Å². The van der Waals surface area contributed by atoms with Gasteiger partial charge in [-0.1, -0.05) is 12.1 Å². The maximum absolute atomic E-state index is 12.0. The highest BCUT2D eigenvalue weighted by atomic mass is 16.6. The van der Waals surface area contributed by atoms with Gasteiger partial charge in [-0.3, -0.25) is 0 Å². The normalized spacial score (nSPS) is 12.5. The first-order valence-electron chi connectivity index (χ1n) is 6.27. The number of hydrogen-bond acceptors (Lipinski definition) is 5. The number of rotatable bonds is 2. The summed E-state index contributed by atoms with van der Waals surface area (Å²) < 4.78 is 15.5. The van der Waals surface area contributed by atoms with Gasteiger partial charge in [-0.2, -0.15) is 0 Å². The molecule has 0 amide bonds. The summed E-state index contributed by atoms with van der Waals surface area (Å²) in [6.07, 6.45) is 1.40. The molecule has 102 valence electrons. The summed E-state index contributed by atoms with van der Waals surface area (Å²) in [5, 5.41) is 1.31. The molecule has 0 atom stereocenters. The summed E-state index contributed by atoms with van der Waals surface area (Å²) in [4.78, 5) is 23.7. The molecule has 0 unspecified atom stereocenters. The van der Waals surface area contributed by atoms with Gasteiger partial charge in [0.15, 0.2) is 0 Å². The second-order valence-corrected chi connectivity index (χ2v) is 4.55. The van der Waals surface area contributed by atoms with Gasteiger partial charge in [0.2, 0.25) is 5.76 Å². The molecule has 1 aliphatic rings. The van der Waals surface area contributed by atoms with E-state index < -0.39 is 11.9 Å². The summed E-state index contributed by atoms with van der Waals surface area (Å²) >= 11 is 0. The van der Waals surface area contributed by atoms with Gasteiger partial charge < -0.3 is 13.9 Å². The lowest BCUT2D eigenvalue weighted by Crippen LogP contribution is -2.07. The largest absolute Gasteiger partial charge is 0.457 e. The van der Waals surface area contributed by atoms with Crippen molar-refractivity contribution in [2.45, 2.75) is 0 Å². The summed E-state index contributed by atoms with van der Waals surface area (Å²) in [6, 6.07) is 11.5. The number of ether oxygens (including phenoxy) is 2. The zero-order chi connectivity index (χ0) is 14.4. The number of carbonyl (C=O) groups excluding carboxylic acids is 2. The Hall–Kier alpha value is -3.08. The van der Waals surface area contributed by atoms with Crippen LogP contribution in [0.1, 0.15) is 20.9 Å². The van der Waals surface area contributed by atoms with Gasteiger partial charge in [0.1, 0.15) is 11.5 Å². The van der Waals surface area contributed by atoms with Gasteiger partial charge in [0.25, 0.3) is 0 Å². The molecule has 3 aromatic rings. The molecule has 0 aliphatic carbocycles. The van der Waals surface area contributed by atoms with Gasteiger partial charge in [-0.15, -0.1) is 0 Å². The molecule has 2 aromatic carbocycles. The van der Waals surface area contributed by atoms with E-state index in [1.165, 1.54) is 12.3 Å². The van der Waals surface area contributed by atoms with Crippen molar-refractivity contribution in [1.29, 1.82) is 0 Å². The zero-order valence-electron chi connectivity index (χ0n) is 10.7. The first-order chi connectivity index (χ1) is 10.2. The summed E-state index contributed by atoms with van der Waals surface area (Å²) in [5.41, 5.74) is 0.471. The Kier molecular flexibility index (Phi) is 2.35. The van der Waals surface area contributed by atoms with E-state index in [1.807, 2.05) is 0 Å². The molecular formula is C16H8O5. The van der Waals surface area contributed by atoms with Crippen LogP contribution in [0.4, 0.5) is 0 Å². The smallest absolute Gasteiger partial charge is 0.379 e. The molecule has 0 saturated carbocycles. The van der Waals surface area contributed by atoms with Crippen molar-refractivity contribution in [3.63, 3.8) is 0 Å². The van der Waals surface area contributed by atoms with Crippen LogP contribution < -0.4 is 9.47 Å². The van der Waals surface area contributed by atoms with E-state index in [9.17, 15) is 9.59 Å². The molecule has 2 heterocycles. The van der Waals surface area contributed by atoms with E-state index in [1.54, 1.807) is 36.4 Å². The van der Waals surface area contributed by atoms with E-state index in [-0.39, 0.29) is 5.76 Å². The van der Waals surface area contributed by atoms with Crippen LogP contribution in [0.15, 0.2) is 53.1 Å². The van der Waals surface area contributed by atoms with Crippen LogP contribution in [0.25, 0.3) is 10.8 Å². The lowest BCUT2D eigenvalue weighted by Gasteiger charge is -2.06. The van der Waals surface area contributed by atoms with E-state index in [4.69, 9.17) is 13.9 Å². The molecule has 0 spiro atoms. The number of carbonyl (C=O) groups is 2. The maximum atomic E-state index is 12.0. The molecule has 0 N–H and O–H groups in total. The molecular weight excluding hydrogens is 272 g/mol. The van der Waals surface area contributed by atoms with Crippen molar-refractivity contribution in [3.05, 3.63) is 60.1 Å².